The maximum Gasteiger partial charge on any atom is 0.309 e. The van der Waals surface area contributed by atoms with Gasteiger partial charge >= 0.3 is 5.97 Å². The van der Waals surface area contributed by atoms with Gasteiger partial charge in [0.2, 0.25) is 0 Å². The molecule has 1 rings (SSSR count). The summed E-state index contributed by atoms with van der Waals surface area (Å²) in [5.74, 6) is -0.373. The van der Waals surface area contributed by atoms with Crippen molar-refractivity contribution in [1.29, 1.82) is 0 Å². The molecule has 16 heavy (non-hydrogen) atoms. The van der Waals surface area contributed by atoms with Gasteiger partial charge in [-0.1, -0.05) is 13.8 Å². The van der Waals surface area contributed by atoms with Gasteiger partial charge < -0.3 is 10.0 Å². The SMILES string of the molecule is CC(C)C(c1nc(CC(=O)O)cs1)N(C)C. The highest BCUT2D eigenvalue weighted by atomic mass is 32.1. The van der Waals surface area contributed by atoms with E-state index in [4.69, 9.17) is 5.11 Å². The standard InChI is InChI=1S/C11H18N2O2S/c1-7(2)10(13(3)4)11-12-8(6-16-11)5-9(14)15/h6-7,10H,5H2,1-4H3,(H,14,15). The highest BCUT2D eigenvalue weighted by Gasteiger charge is 2.21. The first kappa shape index (κ1) is 13.1. The van der Waals surface area contributed by atoms with Crippen LogP contribution in [0.1, 0.15) is 30.6 Å². The quantitative estimate of drug-likeness (QED) is 0.858. The van der Waals surface area contributed by atoms with Crippen LogP contribution in [0.2, 0.25) is 0 Å². The molecule has 0 spiro atoms. The minimum Gasteiger partial charge on any atom is -0.481 e. The Morgan fingerprint density at radius 2 is 2.19 bits per heavy atom. The fraction of sp³-hybridized carbons (Fsp3) is 0.636. The van der Waals surface area contributed by atoms with Crippen LogP contribution in [0.5, 0.6) is 0 Å². The molecule has 0 saturated carbocycles. The van der Waals surface area contributed by atoms with E-state index >= 15 is 0 Å². The van der Waals surface area contributed by atoms with Crippen molar-refractivity contribution in [3.05, 3.63) is 16.1 Å². The Morgan fingerprint density at radius 3 is 2.62 bits per heavy atom. The number of aromatic nitrogens is 1. The predicted molar refractivity (Wildman–Crippen MR) is 64.7 cm³/mol. The molecule has 5 heteroatoms. The van der Waals surface area contributed by atoms with Gasteiger partial charge in [-0.3, -0.25) is 4.79 Å². The summed E-state index contributed by atoms with van der Waals surface area (Å²) in [7, 11) is 4.03. The summed E-state index contributed by atoms with van der Waals surface area (Å²) in [6.45, 7) is 4.28. The van der Waals surface area contributed by atoms with E-state index in [1.54, 1.807) is 11.3 Å². The third-order valence-corrected chi connectivity index (χ3v) is 3.31. The number of carboxylic acid groups (broad SMARTS) is 1. The summed E-state index contributed by atoms with van der Waals surface area (Å²) in [5.41, 5.74) is 0.653. The first-order chi connectivity index (χ1) is 7.41. The summed E-state index contributed by atoms with van der Waals surface area (Å²) in [5, 5.41) is 11.5. The highest BCUT2D eigenvalue weighted by Crippen LogP contribution is 2.28. The molecule has 1 aromatic rings. The topological polar surface area (TPSA) is 53.4 Å². The Bertz CT molecular complexity index is 353. The molecule has 0 aliphatic heterocycles. The second kappa shape index (κ2) is 5.41. The van der Waals surface area contributed by atoms with Crippen molar-refractivity contribution in [1.82, 2.24) is 9.88 Å². The van der Waals surface area contributed by atoms with Gasteiger partial charge in [0.1, 0.15) is 5.01 Å². The van der Waals surface area contributed by atoms with E-state index in [0.29, 0.717) is 11.6 Å². The molecular formula is C11H18N2O2S. The molecule has 0 radical (unpaired) electrons. The van der Waals surface area contributed by atoms with Crippen molar-refractivity contribution in [3.8, 4) is 0 Å². The number of thiazole rings is 1. The van der Waals surface area contributed by atoms with Crippen molar-refractivity contribution in [2.24, 2.45) is 5.92 Å². The lowest BCUT2D eigenvalue weighted by Crippen LogP contribution is -2.24. The van der Waals surface area contributed by atoms with Gasteiger partial charge in [0.25, 0.3) is 0 Å². The molecule has 1 aromatic heterocycles. The lowest BCUT2D eigenvalue weighted by atomic mass is 10.0. The summed E-state index contributed by atoms with van der Waals surface area (Å²) in [6, 6.07) is 0.257. The lowest BCUT2D eigenvalue weighted by molar-refractivity contribution is -0.136. The van der Waals surface area contributed by atoms with Gasteiger partial charge in [-0.05, 0) is 20.0 Å². The number of carboxylic acids is 1. The molecule has 90 valence electrons. The molecule has 0 saturated heterocycles. The van der Waals surface area contributed by atoms with Crippen LogP contribution < -0.4 is 0 Å². The van der Waals surface area contributed by atoms with E-state index < -0.39 is 5.97 Å². The van der Waals surface area contributed by atoms with Crippen LogP contribution in [0, 0.1) is 5.92 Å². The fourth-order valence-electron chi connectivity index (χ4n) is 1.80. The Morgan fingerprint density at radius 1 is 1.56 bits per heavy atom. The monoisotopic (exact) mass is 242 g/mol. The number of hydrogen-bond acceptors (Lipinski definition) is 4. The molecule has 4 nitrogen and oxygen atoms in total. The zero-order valence-electron chi connectivity index (χ0n) is 10.1. The van der Waals surface area contributed by atoms with Crippen LogP contribution in [0.4, 0.5) is 0 Å². The summed E-state index contributed by atoms with van der Waals surface area (Å²) >= 11 is 1.54. The normalized spacial score (nSPS) is 13.4. The minimum absolute atomic E-state index is 0.00867. The fourth-order valence-corrected chi connectivity index (χ4v) is 2.98. The Balaban J connectivity index is 2.86. The van der Waals surface area contributed by atoms with Crippen LogP contribution in [0.25, 0.3) is 0 Å². The molecule has 1 N–H and O–H groups in total. The predicted octanol–water partition coefficient (Wildman–Crippen LogP) is 2.03. The van der Waals surface area contributed by atoms with Gasteiger partial charge in [-0.15, -0.1) is 11.3 Å². The molecule has 0 fully saturated rings. The Hall–Kier alpha value is -0.940. The molecule has 1 unspecified atom stereocenters. The van der Waals surface area contributed by atoms with E-state index in [-0.39, 0.29) is 12.5 Å². The first-order valence-electron chi connectivity index (χ1n) is 5.24. The van der Waals surface area contributed by atoms with Gasteiger partial charge in [-0.2, -0.15) is 0 Å². The number of nitrogens with zero attached hydrogens (tertiary/aromatic N) is 2. The maximum atomic E-state index is 10.6. The van der Waals surface area contributed by atoms with E-state index in [9.17, 15) is 4.79 Å². The van der Waals surface area contributed by atoms with Crippen LogP contribution in [0.15, 0.2) is 5.38 Å². The molecule has 0 bridgehead atoms. The minimum atomic E-state index is -0.831. The van der Waals surface area contributed by atoms with Crippen molar-refractivity contribution in [3.63, 3.8) is 0 Å². The van der Waals surface area contributed by atoms with Gasteiger partial charge in [0, 0.05) is 5.38 Å². The number of aliphatic carboxylic acids is 1. The Kier molecular flexibility index (Phi) is 4.44. The second-order valence-corrected chi connectivity index (χ2v) is 5.29. The molecule has 0 amide bonds. The first-order valence-corrected chi connectivity index (χ1v) is 6.12. The molecule has 0 aliphatic carbocycles. The van der Waals surface area contributed by atoms with Crippen molar-refractivity contribution in [2.75, 3.05) is 14.1 Å². The molecule has 0 aliphatic rings. The van der Waals surface area contributed by atoms with E-state index in [0.717, 1.165) is 5.01 Å². The maximum absolute atomic E-state index is 10.6. The largest absolute Gasteiger partial charge is 0.481 e. The van der Waals surface area contributed by atoms with E-state index in [2.05, 4.69) is 23.7 Å². The highest BCUT2D eigenvalue weighted by molar-refractivity contribution is 7.09. The molecular weight excluding hydrogens is 224 g/mol. The number of carbonyl (C=O) groups is 1. The number of hydrogen-bond donors (Lipinski definition) is 1. The van der Waals surface area contributed by atoms with Gasteiger partial charge in [0.05, 0.1) is 18.2 Å². The summed E-state index contributed by atoms with van der Waals surface area (Å²) in [4.78, 5) is 17.1. The smallest absolute Gasteiger partial charge is 0.309 e. The summed E-state index contributed by atoms with van der Waals surface area (Å²) < 4.78 is 0. The van der Waals surface area contributed by atoms with Gasteiger partial charge in [-0.25, -0.2) is 4.98 Å². The zero-order chi connectivity index (χ0) is 12.3. The third-order valence-electron chi connectivity index (χ3n) is 2.34. The summed E-state index contributed by atoms with van der Waals surface area (Å²) in [6.07, 6.45) is 0.00867. The van der Waals surface area contributed by atoms with Crippen LogP contribution in [-0.4, -0.2) is 35.1 Å². The van der Waals surface area contributed by atoms with Crippen molar-refractivity contribution < 1.29 is 9.90 Å². The van der Waals surface area contributed by atoms with Gasteiger partial charge in [0.15, 0.2) is 0 Å². The second-order valence-electron chi connectivity index (χ2n) is 4.40. The van der Waals surface area contributed by atoms with E-state index in [1.807, 2.05) is 19.5 Å². The number of rotatable bonds is 5. The molecule has 0 aromatic carbocycles. The molecule has 1 heterocycles. The van der Waals surface area contributed by atoms with Crippen LogP contribution in [0.3, 0.4) is 0 Å². The van der Waals surface area contributed by atoms with Crippen LogP contribution in [-0.2, 0) is 11.2 Å². The van der Waals surface area contributed by atoms with Crippen molar-refractivity contribution >= 4 is 17.3 Å². The third kappa shape index (κ3) is 3.28. The van der Waals surface area contributed by atoms with Crippen molar-refractivity contribution in [2.45, 2.75) is 26.3 Å². The Labute approximate surface area is 99.9 Å². The average Bonchev–Trinajstić information content (AvgIpc) is 2.50. The average molecular weight is 242 g/mol. The zero-order valence-corrected chi connectivity index (χ0v) is 10.9. The van der Waals surface area contributed by atoms with E-state index in [1.165, 1.54) is 0 Å². The molecule has 1 atom stereocenters. The lowest BCUT2D eigenvalue weighted by Gasteiger charge is -2.25. The van der Waals surface area contributed by atoms with Crippen LogP contribution >= 0.6 is 11.3 Å².